The number of hydrogen-bond acceptors (Lipinski definition) is 6. The molecule has 0 atom stereocenters. The molecule has 7 nitrogen and oxygen atoms in total. The van der Waals surface area contributed by atoms with Gasteiger partial charge in [-0.05, 0) is 36.8 Å². The van der Waals surface area contributed by atoms with E-state index < -0.39 is 6.61 Å². The monoisotopic (exact) mass is 382 g/mol. The van der Waals surface area contributed by atoms with Crippen molar-refractivity contribution in [3.63, 3.8) is 0 Å². The number of alkyl halides is 2. The third-order valence-corrected chi connectivity index (χ3v) is 4.24. The third-order valence-electron chi connectivity index (χ3n) is 4.24. The number of hydrogen-bond donors (Lipinski definition) is 2. The molecule has 28 heavy (non-hydrogen) atoms. The van der Waals surface area contributed by atoms with Crippen molar-refractivity contribution in [2.75, 3.05) is 11.5 Å². The summed E-state index contributed by atoms with van der Waals surface area (Å²) in [6, 6.07) is 13.7. The van der Waals surface area contributed by atoms with Crippen LogP contribution in [0, 0.1) is 6.92 Å². The highest BCUT2D eigenvalue weighted by atomic mass is 19.3. The second kappa shape index (κ2) is 6.76. The lowest BCUT2D eigenvalue weighted by Gasteiger charge is -2.15. The molecule has 9 heteroatoms. The minimum atomic E-state index is -2.90. The Balaban J connectivity index is 1.93. The zero-order valence-electron chi connectivity index (χ0n) is 14.8. The van der Waals surface area contributed by atoms with Crippen LogP contribution in [0.5, 0.6) is 5.75 Å². The first kappa shape index (κ1) is 17.7. The molecule has 4 rings (SSSR count). The smallest absolute Gasteiger partial charge is 0.387 e. The molecule has 4 N–H and O–H groups in total. The van der Waals surface area contributed by atoms with Gasteiger partial charge in [0.05, 0.1) is 16.6 Å². The Morgan fingerprint density at radius 2 is 1.68 bits per heavy atom. The molecule has 0 radical (unpaired) electrons. The largest absolute Gasteiger partial charge is 0.435 e. The van der Waals surface area contributed by atoms with E-state index >= 15 is 0 Å². The van der Waals surface area contributed by atoms with Crippen LogP contribution in [0.1, 0.15) is 5.82 Å². The zero-order valence-corrected chi connectivity index (χ0v) is 14.8. The first-order valence-electron chi connectivity index (χ1n) is 8.36. The normalized spacial score (nSPS) is 11.3. The predicted octanol–water partition coefficient (Wildman–Crippen LogP) is 3.56. The summed E-state index contributed by atoms with van der Waals surface area (Å²) >= 11 is 0. The molecule has 0 saturated heterocycles. The van der Waals surface area contributed by atoms with Crippen LogP contribution in [-0.2, 0) is 0 Å². The summed E-state index contributed by atoms with van der Waals surface area (Å²) in [5, 5.41) is 0. The van der Waals surface area contributed by atoms with Crippen molar-refractivity contribution in [2.24, 2.45) is 0 Å². The number of aromatic nitrogens is 4. The van der Waals surface area contributed by atoms with Gasteiger partial charge in [-0.1, -0.05) is 24.3 Å². The van der Waals surface area contributed by atoms with Crippen LogP contribution < -0.4 is 16.2 Å². The Kier molecular flexibility index (Phi) is 4.26. The van der Waals surface area contributed by atoms with Crippen molar-refractivity contribution in [2.45, 2.75) is 13.5 Å². The number of fused-ring (bicyclic) bond motifs is 1. The number of ether oxygens (including phenoxy) is 1. The standard InChI is InChI=1S/C19H16F2N6O/c1-10-24-13-4-2-3-5-14(13)27(10)17-15(16(22)25-19(23)26-17)11-6-8-12(9-7-11)28-18(20)21/h2-9,18H,1H3,(H4,22,23,25,26). The average Bonchev–Trinajstić information content (AvgIpc) is 2.97. The minimum Gasteiger partial charge on any atom is -0.435 e. The Morgan fingerprint density at radius 1 is 0.964 bits per heavy atom. The molecule has 4 aromatic rings. The molecular formula is C19H16F2N6O. The first-order valence-corrected chi connectivity index (χ1v) is 8.36. The van der Waals surface area contributed by atoms with Gasteiger partial charge in [0.1, 0.15) is 17.4 Å². The molecule has 0 aliphatic carbocycles. The highest BCUT2D eigenvalue weighted by molar-refractivity contribution is 5.85. The Labute approximate surface area is 158 Å². The SMILES string of the molecule is Cc1nc2ccccc2n1-c1nc(N)nc(N)c1-c1ccc(OC(F)F)cc1. The second-order valence-electron chi connectivity index (χ2n) is 6.05. The maximum atomic E-state index is 12.4. The van der Waals surface area contributed by atoms with Crippen LogP contribution in [0.2, 0.25) is 0 Å². The van der Waals surface area contributed by atoms with Crippen molar-refractivity contribution in [3.05, 3.63) is 54.4 Å². The molecule has 0 fully saturated rings. The summed E-state index contributed by atoms with van der Waals surface area (Å²) in [4.78, 5) is 13.0. The summed E-state index contributed by atoms with van der Waals surface area (Å²) in [5.41, 5.74) is 14.8. The molecule has 2 aromatic heterocycles. The maximum Gasteiger partial charge on any atom is 0.387 e. The quantitative estimate of drug-likeness (QED) is 0.559. The molecule has 0 aliphatic rings. The van der Waals surface area contributed by atoms with Crippen molar-refractivity contribution < 1.29 is 13.5 Å². The molecule has 0 unspecified atom stereocenters. The second-order valence-corrected chi connectivity index (χ2v) is 6.05. The van der Waals surface area contributed by atoms with Gasteiger partial charge in [-0.15, -0.1) is 0 Å². The number of para-hydroxylation sites is 2. The molecule has 2 aromatic carbocycles. The lowest BCUT2D eigenvalue weighted by molar-refractivity contribution is -0.0498. The van der Waals surface area contributed by atoms with E-state index in [1.807, 2.05) is 35.8 Å². The van der Waals surface area contributed by atoms with Crippen LogP contribution in [0.15, 0.2) is 48.5 Å². The lowest BCUT2D eigenvalue weighted by Crippen LogP contribution is -2.10. The highest BCUT2D eigenvalue weighted by Crippen LogP contribution is 2.34. The van der Waals surface area contributed by atoms with E-state index in [0.29, 0.717) is 22.8 Å². The number of benzene rings is 2. The van der Waals surface area contributed by atoms with Crippen LogP contribution >= 0.6 is 0 Å². The van der Waals surface area contributed by atoms with Crippen LogP contribution in [0.3, 0.4) is 0 Å². The number of anilines is 2. The van der Waals surface area contributed by atoms with Gasteiger partial charge in [0.25, 0.3) is 0 Å². The maximum absolute atomic E-state index is 12.4. The van der Waals surface area contributed by atoms with E-state index in [-0.39, 0.29) is 17.5 Å². The molecule has 0 spiro atoms. The number of nitrogens with zero attached hydrogens (tertiary/aromatic N) is 4. The number of aryl methyl sites for hydroxylation is 1. The molecule has 142 valence electrons. The van der Waals surface area contributed by atoms with Gasteiger partial charge >= 0.3 is 6.61 Å². The van der Waals surface area contributed by atoms with Gasteiger partial charge < -0.3 is 16.2 Å². The van der Waals surface area contributed by atoms with Gasteiger partial charge in [0, 0.05) is 0 Å². The van der Waals surface area contributed by atoms with E-state index in [1.54, 1.807) is 12.1 Å². The van der Waals surface area contributed by atoms with Gasteiger partial charge in [0.2, 0.25) is 5.95 Å². The third kappa shape index (κ3) is 3.07. The van der Waals surface area contributed by atoms with E-state index in [1.165, 1.54) is 12.1 Å². The fraction of sp³-hybridized carbons (Fsp3) is 0.105. The molecule has 0 aliphatic heterocycles. The molecule has 0 bridgehead atoms. The number of halogens is 2. The first-order chi connectivity index (χ1) is 13.4. The predicted molar refractivity (Wildman–Crippen MR) is 102 cm³/mol. The van der Waals surface area contributed by atoms with Crippen molar-refractivity contribution in [3.8, 4) is 22.7 Å². The highest BCUT2D eigenvalue weighted by Gasteiger charge is 2.19. The van der Waals surface area contributed by atoms with Crippen LogP contribution in [0.4, 0.5) is 20.5 Å². The lowest BCUT2D eigenvalue weighted by atomic mass is 10.1. The molecular weight excluding hydrogens is 366 g/mol. The number of nitrogen functional groups attached to an aromatic ring is 2. The van der Waals surface area contributed by atoms with Crippen molar-refractivity contribution >= 4 is 22.8 Å². The fourth-order valence-corrected chi connectivity index (χ4v) is 3.14. The summed E-state index contributed by atoms with van der Waals surface area (Å²) in [7, 11) is 0. The molecule has 0 saturated carbocycles. The van der Waals surface area contributed by atoms with Crippen LogP contribution in [-0.4, -0.2) is 26.1 Å². The van der Waals surface area contributed by atoms with Gasteiger partial charge in [-0.25, -0.2) is 4.98 Å². The van der Waals surface area contributed by atoms with Crippen LogP contribution in [0.25, 0.3) is 28.0 Å². The number of nitrogens with two attached hydrogens (primary N) is 2. The summed E-state index contributed by atoms with van der Waals surface area (Å²) in [5.74, 6) is 1.38. The van der Waals surface area contributed by atoms with E-state index in [2.05, 4.69) is 19.7 Å². The van der Waals surface area contributed by atoms with E-state index in [0.717, 1.165) is 11.0 Å². The van der Waals surface area contributed by atoms with Crippen molar-refractivity contribution in [1.29, 1.82) is 0 Å². The van der Waals surface area contributed by atoms with Gasteiger partial charge in [-0.3, -0.25) is 4.57 Å². The molecule has 2 heterocycles. The van der Waals surface area contributed by atoms with Crippen molar-refractivity contribution in [1.82, 2.24) is 19.5 Å². The average molecular weight is 382 g/mol. The Hall–Kier alpha value is -3.75. The topological polar surface area (TPSA) is 105 Å². The number of imidazole rings is 1. The van der Waals surface area contributed by atoms with Gasteiger partial charge in [-0.2, -0.15) is 18.7 Å². The zero-order chi connectivity index (χ0) is 19.8. The summed E-state index contributed by atoms with van der Waals surface area (Å²) < 4.78 is 31.1. The van der Waals surface area contributed by atoms with E-state index in [4.69, 9.17) is 11.5 Å². The summed E-state index contributed by atoms with van der Waals surface area (Å²) in [6.07, 6.45) is 0. The fourth-order valence-electron chi connectivity index (χ4n) is 3.14. The minimum absolute atomic E-state index is 0.0195. The Bertz CT molecular complexity index is 1160. The summed E-state index contributed by atoms with van der Waals surface area (Å²) in [6.45, 7) is -1.05. The molecule has 0 amide bonds. The van der Waals surface area contributed by atoms with Gasteiger partial charge in [0.15, 0.2) is 5.82 Å². The Morgan fingerprint density at radius 3 is 2.39 bits per heavy atom. The number of rotatable bonds is 4. The van der Waals surface area contributed by atoms with E-state index in [9.17, 15) is 8.78 Å².